The van der Waals surface area contributed by atoms with Gasteiger partial charge < -0.3 is 5.32 Å². The largest absolute Gasteiger partial charge is 0.310 e. The van der Waals surface area contributed by atoms with Crippen molar-refractivity contribution in [2.24, 2.45) is 0 Å². The van der Waals surface area contributed by atoms with Crippen LogP contribution in [-0.2, 0) is 11.2 Å². The molecule has 1 aliphatic heterocycles. The molecule has 2 rings (SSSR count). The fourth-order valence-corrected chi connectivity index (χ4v) is 1.93. The molecule has 3 heteroatoms. The number of terminal acetylenes is 1. The molecule has 1 unspecified atom stereocenters. The zero-order chi connectivity index (χ0) is 11.5. The molecular weight excluding hydrogens is 200 g/mol. The van der Waals surface area contributed by atoms with Crippen LogP contribution in [0.15, 0.2) is 12.1 Å². The molecule has 0 bridgehead atoms. The van der Waals surface area contributed by atoms with Crippen LogP contribution in [0.1, 0.15) is 36.9 Å². The van der Waals surface area contributed by atoms with E-state index in [0.29, 0.717) is 18.7 Å². The number of anilines is 1. The monoisotopic (exact) mass is 214 g/mol. The summed E-state index contributed by atoms with van der Waals surface area (Å²) in [5, 5.41) is 2.76. The third-order valence-electron chi connectivity index (χ3n) is 2.88. The fourth-order valence-electron chi connectivity index (χ4n) is 1.93. The van der Waals surface area contributed by atoms with Crippen molar-refractivity contribution in [3.63, 3.8) is 0 Å². The Balaban J connectivity index is 2.28. The molecular formula is C13H14N2O. The Labute approximate surface area is 95.3 Å². The van der Waals surface area contributed by atoms with Crippen LogP contribution in [0.2, 0.25) is 0 Å². The number of aromatic nitrogens is 1. The Bertz CT molecular complexity index is 459. The number of fused-ring (bicyclic) bond motifs is 1. The van der Waals surface area contributed by atoms with E-state index in [1.54, 1.807) is 0 Å². The molecule has 0 spiro atoms. The third-order valence-corrected chi connectivity index (χ3v) is 2.88. The van der Waals surface area contributed by atoms with Gasteiger partial charge in [-0.15, -0.1) is 12.3 Å². The van der Waals surface area contributed by atoms with Crippen molar-refractivity contribution in [2.75, 3.05) is 5.32 Å². The second-order valence-electron chi connectivity index (χ2n) is 3.98. The van der Waals surface area contributed by atoms with E-state index in [1.807, 2.05) is 12.1 Å². The van der Waals surface area contributed by atoms with E-state index in [0.717, 1.165) is 17.7 Å². The molecule has 1 aromatic heterocycles. The quantitative estimate of drug-likeness (QED) is 0.783. The number of nitrogens with zero attached hydrogens (tertiary/aromatic N) is 1. The highest BCUT2D eigenvalue weighted by Gasteiger charge is 2.20. The number of pyridine rings is 1. The van der Waals surface area contributed by atoms with Crippen molar-refractivity contribution in [1.82, 2.24) is 4.98 Å². The molecule has 0 saturated heterocycles. The summed E-state index contributed by atoms with van der Waals surface area (Å²) >= 11 is 0. The molecule has 0 aromatic carbocycles. The summed E-state index contributed by atoms with van der Waals surface area (Å²) in [6, 6.07) is 3.94. The molecule has 16 heavy (non-hydrogen) atoms. The number of carbonyl (C=O) groups is 1. The lowest BCUT2D eigenvalue weighted by Crippen LogP contribution is -2.05. The van der Waals surface area contributed by atoms with Crippen LogP contribution in [0.25, 0.3) is 0 Å². The van der Waals surface area contributed by atoms with Gasteiger partial charge in [-0.1, -0.05) is 13.0 Å². The van der Waals surface area contributed by atoms with Gasteiger partial charge in [-0.2, -0.15) is 0 Å². The molecule has 3 nitrogen and oxygen atoms in total. The summed E-state index contributed by atoms with van der Waals surface area (Å²) in [4.78, 5) is 15.7. The maximum absolute atomic E-state index is 11.2. The second-order valence-corrected chi connectivity index (χ2v) is 3.98. The van der Waals surface area contributed by atoms with Crippen molar-refractivity contribution < 1.29 is 4.79 Å². The topological polar surface area (TPSA) is 42.0 Å². The van der Waals surface area contributed by atoms with Gasteiger partial charge in [0.05, 0.1) is 6.42 Å². The SMILES string of the molecule is C#CCC(CC)c1ccc2c(n1)NC(=O)C2. The minimum atomic E-state index is 0.0182. The zero-order valence-electron chi connectivity index (χ0n) is 9.29. The highest BCUT2D eigenvalue weighted by atomic mass is 16.1. The Morgan fingerprint density at radius 2 is 2.44 bits per heavy atom. The van der Waals surface area contributed by atoms with Crippen LogP contribution in [0.4, 0.5) is 5.82 Å². The maximum atomic E-state index is 11.2. The van der Waals surface area contributed by atoms with Gasteiger partial charge in [0.15, 0.2) is 0 Å². The number of hydrogen-bond donors (Lipinski definition) is 1. The molecule has 1 aliphatic rings. The van der Waals surface area contributed by atoms with E-state index in [4.69, 9.17) is 6.42 Å². The first-order valence-corrected chi connectivity index (χ1v) is 5.47. The van der Waals surface area contributed by atoms with Gasteiger partial charge >= 0.3 is 0 Å². The third kappa shape index (κ3) is 1.92. The van der Waals surface area contributed by atoms with Gasteiger partial charge in [0.1, 0.15) is 5.82 Å². The molecule has 1 atom stereocenters. The first kappa shape index (κ1) is 10.7. The predicted octanol–water partition coefficient (Wildman–Crippen LogP) is 2.09. The van der Waals surface area contributed by atoms with Gasteiger partial charge in [0.25, 0.3) is 0 Å². The van der Waals surface area contributed by atoms with E-state index in [-0.39, 0.29) is 11.8 Å². The van der Waals surface area contributed by atoms with E-state index >= 15 is 0 Å². The van der Waals surface area contributed by atoms with Gasteiger partial charge in [-0.05, 0) is 12.5 Å². The Morgan fingerprint density at radius 1 is 1.62 bits per heavy atom. The van der Waals surface area contributed by atoms with Crippen molar-refractivity contribution in [2.45, 2.75) is 32.1 Å². The van der Waals surface area contributed by atoms with Crippen LogP contribution in [0.5, 0.6) is 0 Å². The van der Waals surface area contributed by atoms with E-state index in [9.17, 15) is 4.79 Å². The smallest absolute Gasteiger partial charge is 0.230 e. The van der Waals surface area contributed by atoms with E-state index in [2.05, 4.69) is 23.1 Å². The fraction of sp³-hybridized carbons (Fsp3) is 0.385. The van der Waals surface area contributed by atoms with Crippen LogP contribution in [0.3, 0.4) is 0 Å². The summed E-state index contributed by atoms with van der Waals surface area (Å²) in [6.07, 6.45) is 7.42. The average Bonchev–Trinajstić information content (AvgIpc) is 2.64. The van der Waals surface area contributed by atoms with E-state index in [1.165, 1.54) is 0 Å². The highest BCUT2D eigenvalue weighted by Crippen LogP contribution is 2.26. The normalized spacial score (nSPS) is 15.1. The zero-order valence-corrected chi connectivity index (χ0v) is 9.29. The minimum absolute atomic E-state index is 0.0182. The molecule has 1 aromatic rings. The van der Waals surface area contributed by atoms with Gasteiger partial charge in [0, 0.05) is 23.6 Å². The Morgan fingerprint density at radius 3 is 3.12 bits per heavy atom. The minimum Gasteiger partial charge on any atom is -0.310 e. The maximum Gasteiger partial charge on any atom is 0.230 e. The standard InChI is InChI=1S/C13H14N2O/c1-3-5-9(4-2)11-7-6-10-8-12(16)15-13(10)14-11/h1,6-7,9H,4-5,8H2,2H3,(H,14,15,16). The molecule has 1 N–H and O–H groups in total. The van der Waals surface area contributed by atoms with Crippen LogP contribution in [-0.4, -0.2) is 10.9 Å². The first-order valence-electron chi connectivity index (χ1n) is 5.47. The summed E-state index contributed by atoms with van der Waals surface area (Å²) in [5.74, 6) is 3.68. The van der Waals surface area contributed by atoms with Crippen molar-refractivity contribution in [3.8, 4) is 12.3 Å². The second kappa shape index (κ2) is 4.36. The van der Waals surface area contributed by atoms with Crippen LogP contribution in [0, 0.1) is 12.3 Å². The van der Waals surface area contributed by atoms with E-state index < -0.39 is 0 Å². The summed E-state index contributed by atoms with van der Waals surface area (Å²) in [5.41, 5.74) is 1.95. The molecule has 0 fully saturated rings. The predicted molar refractivity (Wildman–Crippen MR) is 63.1 cm³/mol. The first-order chi connectivity index (χ1) is 7.74. The molecule has 0 radical (unpaired) electrons. The van der Waals surface area contributed by atoms with Gasteiger partial charge in [-0.3, -0.25) is 4.79 Å². The lowest BCUT2D eigenvalue weighted by molar-refractivity contribution is -0.115. The van der Waals surface area contributed by atoms with Crippen LogP contribution < -0.4 is 5.32 Å². The number of hydrogen-bond acceptors (Lipinski definition) is 2. The number of rotatable bonds is 3. The number of amides is 1. The highest BCUT2D eigenvalue weighted by molar-refractivity contribution is 5.97. The molecule has 82 valence electrons. The number of carbonyl (C=O) groups excluding carboxylic acids is 1. The lowest BCUT2D eigenvalue weighted by atomic mass is 9.98. The number of nitrogens with one attached hydrogen (secondary N) is 1. The van der Waals surface area contributed by atoms with Crippen molar-refractivity contribution in [3.05, 3.63) is 23.4 Å². The molecule has 0 saturated carbocycles. The van der Waals surface area contributed by atoms with Gasteiger partial charge in [0.2, 0.25) is 5.91 Å². The van der Waals surface area contributed by atoms with Crippen LogP contribution >= 0.6 is 0 Å². The Kier molecular flexibility index (Phi) is 2.91. The molecule has 1 amide bonds. The van der Waals surface area contributed by atoms with Gasteiger partial charge in [-0.25, -0.2) is 4.98 Å². The summed E-state index contributed by atoms with van der Waals surface area (Å²) in [7, 11) is 0. The van der Waals surface area contributed by atoms with Crippen molar-refractivity contribution >= 4 is 11.7 Å². The lowest BCUT2D eigenvalue weighted by Gasteiger charge is -2.11. The molecule has 0 aliphatic carbocycles. The molecule has 2 heterocycles. The summed E-state index contributed by atoms with van der Waals surface area (Å²) < 4.78 is 0. The summed E-state index contributed by atoms with van der Waals surface area (Å²) in [6.45, 7) is 2.09. The van der Waals surface area contributed by atoms with Crippen molar-refractivity contribution in [1.29, 1.82) is 0 Å². The Hall–Kier alpha value is -1.82. The average molecular weight is 214 g/mol.